The Morgan fingerprint density at radius 1 is 1.00 bits per heavy atom. The van der Waals surface area contributed by atoms with Crippen molar-refractivity contribution in [3.63, 3.8) is 0 Å². The molecule has 7 nitrogen and oxygen atoms in total. The second kappa shape index (κ2) is 9.53. The van der Waals surface area contributed by atoms with Gasteiger partial charge < -0.3 is 14.0 Å². The van der Waals surface area contributed by atoms with Crippen LogP contribution in [0.25, 0.3) is 22.4 Å². The van der Waals surface area contributed by atoms with Gasteiger partial charge >= 0.3 is 0 Å². The lowest BCUT2D eigenvalue weighted by molar-refractivity contribution is 0.0888. The van der Waals surface area contributed by atoms with Crippen molar-refractivity contribution in [2.75, 3.05) is 7.11 Å². The second-order valence-electron chi connectivity index (χ2n) is 7.20. The lowest BCUT2D eigenvalue weighted by atomic mass is 9.99. The van der Waals surface area contributed by atoms with Crippen LogP contribution in [-0.4, -0.2) is 20.7 Å². The summed E-state index contributed by atoms with van der Waals surface area (Å²) in [7, 11) is -2.70. The van der Waals surface area contributed by atoms with Gasteiger partial charge in [0.1, 0.15) is 12.3 Å². The quantitative estimate of drug-likeness (QED) is 0.408. The highest BCUT2D eigenvalue weighted by Crippen LogP contribution is 2.39. The van der Waals surface area contributed by atoms with Crippen molar-refractivity contribution in [1.29, 1.82) is 0 Å². The summed E-state index contributed by atoms with van der Waals surface area (Å²) in [5.74, 6) is -0.237. The van der Waals surface area contributed by atoms with Gasteiger partial charge in [-0.1, -0.05) is 53.7 Å². The number of hydrogen-bond acceptors (Lipinski definition) is 6. The molecule has 0 spiro atoms. The molecule has 0 aliphatic rings. The van der Waals surface area contributed by atoms with Crippen molar-refractivity contribution in [2.45, 2.75) is 18.1 Å². The van der Waals surface area contributed by atoms with Gasteiger partial charge in [-0.15, -0.1) is 0 Å². The second-order valence-corrected chi connectivity index (χ2v) is 8.73. The molecule has 4 rings (SSSR count). The zero-order valence-electron chi connectivity index (χ0n) is 17.7. The maximum Gasteiger partial charge on any atom is 0.238 e. The maximum atomic E-state index is 14.4. The number of benzene rings is 3. The summed E-state index contributed by atoms with van der Waals surface area (Å²) in [6, 6.07) is 20.1. The molecule has 170 valence electrons. The Kier molecular flexibility index (Phi) is 6.55. The average Bonchev–Trinajstić information content (AvgIpc) is 3.23. The third kappa shape index (κ3) is 4.95. The standard InChI is InChI=1S/C24H21FN2O5S/c1-30-20-12-11-17(13-19(20)25)24-23(18-9-5-6-10-22(18)33(26,28)29)21(32-27-24)15-31-14-16-7-3-2-4-8-16/h2-13H,14-15H2,1H3,(H2,26,28,29). The lowest BCUT2D eigenvalue weighted by Gasteiger charge is -2.10. The summed E-state index contributed by atoms with van der Waals surface area (Å²) in [5.41, 5.74) is 2.24. The highest BCUT2D eigenvalue weighted by molar-refractivity contribution is 7.89. The van der Waals surface area contributed by atoms with Crippen molar-refractivity contribution < 1.29 is 26.8 Å². The molecule has 0 unspecified atom stereocenters. The molecular weight excluding hydrogens is 447 g/mol. The van der Waals surface area contributed by atoms with Crippen LogP contribution in [0.1, 0.15) is 11.3 Å². The lowest BCUT2D eigenvalue weighted by Crippen LogP contribution is -2.13. The number of rotatable bonds is 8. The van der Waals surface area contributed by atoms with Crippen molar-refractivity contribution in [1.82, 2.24) is 5.16 Å². The van der Waals surface area contributed by atoms with E-state index in [0.29, 0.717) is 17.7 Å². The minimum atomic E-state index is -4.06. The molecule has 0 atom stereocenters. The number of nitrogens with zero attached hydrogens (tertiary/aromatic N) is 1. The summed E-state index contributed by atoms with van der Waals surface area (Å²) < 4.78 is 55.3. The van der Waals surface area contributed by atoms with Gasteiger partial charge in [0.15, 0.2) is 17.3 Å². The molecule has 0 aliphatic carbocycles. The van der Waals surface area contributed by atoms with Crippen molar-refractivity contribution in [2.24, 2.45) is 5.14 Å². The molecule has 0 saturated heterocycles. The Bertz CT molecular complexity index is 1370. The van der Waals surface area contributed by atoms with Crippen LogP contribution >= 0.6 is 0 Å². The highest BCUT2D eigenvalue weighted by atomic mass is 32.2. The molecule has 0 fully saturated rings. The van der Waals surface area contributed by atoms with E-state index in [1.54, 1.807) is 24.3 Å². The molecule has 3 aromatic carbocycles. The van der Waals surface area contributed by atoms with Gasteiger partial charge in [0.05, 0.1) is 24.2 Å². The molecule has 0 aliphatic heterocycles. The topological polar surface area (TPSA) is 105 Å². The van der Waals surface area contributed by atoms with Crippen molar-refractivity contribution in [3.05, 3.63) is 89.9 Å². The van der Waals surface area contributed by atoms with E-state index in [1.165, 1.54) is 25.3 Å². The van der Waals surface area contributed by atoms with E-state index in [1.807, 2.05) is 30.3 Å². The maximum absolute atomic E-state index is 14.4. The zero-order valence-corrected chi connectivity index (χ0v) is 18.5. The van der Waals surface area contributed by atoms with Crippen LogP contribution in [0.4, 0.5) is 4.39 Å². The zero-order chi connectivity index (χ0) is 23.4. The number of halogens is 1. The van der Waals surface area contributed by atoms with E-state index >= 15 is 0 Å². The predicted octanol–water partition coefficient (Wildman–Crippen LogP) is 4.52. The van der Waals surface area contributed by atoms with E-state index in [-0.39, 0.29) is 34.3 Å². The third-order valence-corrected chi connectivity index (χ3v) is 5.96. The number of primary sulfonamides is 1. The van der Waals surface area contributed by atoms with Gasteiger partial charge in [0, 0.05) is 11.1 Å². The van der Waals surface area contributed by atoms with E-state index in [2.05, 4.69) is 5.16 Å². The molecular formula is C24H21FN2O5S. The first-order valence-corrected chi connectivity index (χ1v) is 11.5. The van der Waals surface area contributed by atoms with E-state index < -0.39 is 15.8 Å². The van der Waals surface area contributed by atoms with Gasteiger partial charge in [-0.25, -0.2) is 17.9 Å². The molecule has 2 N–H and O–H groups in total. The number of sulfonamides is 1. The number of nitrogens with two attached hydrogens (primary N) is 1. The van der Waals surface area contributed by atoms with E-state index in [4.69, 9.17) is 19.1 Å². The Hall–Kier alpha value is -3.53. The summed E-state index contributed by atoms with van der Waals surface area (Å²) in [5, 5.41) is 9.56. The smallest absolute Gasteiger partial charge is 0.238 e. The molecule has 0 radical (unpaired) electrons. The van der Waals surface area contributed by atoms with Crippen LogP contribution in [0.2, 0.25) is 0 Å². The molecule has 1 heterocycles. The third-order valence-electron chi connectivity index (χ3n) is 5.00. The monoisotopic (exact) mass is 468 g/mol. The van der Waals surface area contributed by atoms with Crippen LogP contribution in [0.3, 0.4) is 0 Å². The first kappa shape index (κ1) is 22.7. The van der Waals surface area contributed by atoms with Crippen LogP contribution < -0.4 is 9.88 Å². The fourth-order valence-electron chi connectivity index (χ4n) is 3.47. The summed E-state index contributed by atoms with van der Waals surface area (Å²) >= 11 is 0. The first-order valence-electron chi connectivity index (χ1n) is 9.95. The van der Waals surface area contributed by atoms with Crippen LogP contribution in [0.5, 0.6) is 5.75 Å². The highest BCUT2D eigenvalue weighted by Gasteiger charge is 2.25. The SMILES string of the molecule is COc1ccc(-c2noc(COCc3ccccc3)c2-c2ccccc2S(N)(=O)=O)cc1F. The van der Waals surface area contributed by atoms with Crippen LogP contribution in [0.15, 0.2) is 82.2 Å². The summed E-state index contributed by atoms with van der Waals surface area (Å²) in [6.45, 7) is 0.319. The Morgan fingerprint density at radius 2 is 1.73 bits per heavy atom. The van der Waals surface area contributed by atoms with Crippen LogP contribution in [-0.2, 0) is 28.0 Å². The molecule has 1 aromatic heterocycles. The first-order chi connectivity index (χ1) is 15.9. The molecule has 33 heavy (non-hydrogen) atoms. The minimum Gasteiger partial charge on any atom is -0.494 e. The number of methoxy groups -OCH3 is 1. The summed E-state index contributed by atoms with van der Waals surface area (Å²) in [6.07, 6.45) is 0. The van der Waals surface area contributed by atoms with Gasteiger partial charge in [-0.2, -0.15) is 0 Å². The number of aromatic nitrogens is 1. The molecule has 0 amide bonds. The summed E-state index contributed by atoms with van der Waals surface area (Å²) in [4.78, 5) is -0.104. The molecule has 0 saturated carbocycles. The van der Waals surface area contributed by atoms with Crippen molar-refractivity contribution >= 4 is 10.0 Å². The van der Waals surface area contributed by atoms with E-state index in [9.17, 15) is 12.8 Å². The molecule has 9 heteroatoms. The average molecular weight is 469 g/mol. The normalized spacial score (nSPS) is 11.5. The van der Waals surface area contributed by atoms with Gasteiger partial charge in [-0.3, -0.25) is 0 Å². The Morgan fingerprint density at radius 3 is 2.42 bits per heavy atom. The van der Waals surface area contributed by atoms with Crippen LogP contribution in [0, 0.1) is 5.82 Å². The van der Waals surface area contributed by atoms with Gasteiger partial charge in [-0.05, 0) is 29.8 Å². The molecule has 4 aromatic rings. The van der Waals surface area contributed by atoms with Crippen molar-refractivity contribution in [3.8, 4) is 28.1 Å². The molecule has 0 bridgehead atoms. The minimum absolute atomic E-state index is 0.00875. The van der Waals surface area contributed by atoms with E-state index in [0.717, 1.165) is 5.56 Å². The van der Waals surface area contributed by atoms with Gasteiger partial charge in [0.2, 0.25) is 10.0 Å². The number of ether oxygens (including phenoxy) is 2. The van der Waals surface area contributed by atoms with Gasteiger partial charge in [0.25, 0.3) is 0 Å². The largest absolute Gasteiger partial charge is 0.494 e. The predicted molar refractivity (Wildman–Crippen MR) is 120 cm³/mol. The Balaban J connectivity index is 1.79. The fourth-order valence-corrected chi connectivity index (χ4v) is 4.21. The Labute approximate surface area is 190 Å². The number of hydrogen-bond donors (Lipinski definition) is 1. The fraction of sp³-hybridized carbons (Fsp3) is 0.125.